The first-order valence-corrected chi connectivity index (χ1v) is 15.1. The molecule has 1 heterocycles. The van der Waals surface area contributed by atoms with E-state index in [1.807, 2.05) is 42.5 Å². The lowest BCUT2D eigenvalue weighted by Gasteiger charge is -2.38. The summed E-state index contributed by atoms with van der Waals surface area (Å²) in [5.41, 5.74) is 5.85. The van der Waals surface area contributed by atoms with Crippen molar-refractivity contribution < 1.29 is 33.5 Å². The minimum absolute atomic E-state index is 0.0274. The highest BCUT2D eigenvalue weighted by atomic mass is 32.2. The Kier molecular flexibility index (Phi) is 10.3. The molecule has 1 aliphatic rings. The maximum atomic E-state index is 13.5. The van der Waals surface area contributed by atoms with E-state index < -0.39 is 48.1 Å². The molecule has 2 unspecified atom stereocenters. The number of benzene rings is 2. The van der Waals surface area contributed by atoms with Gasteiger partial charge in [0.25, 0.3) is 5.91 Å². The fourth-order valence-corrected chi connectivity index (χ4v) is 6.50. The van der Waals surface area contributed by atoms with Crippen LogP contribution in [0.3, 0.4) is 0 Å². The molecule has 2 atom stereocenters. The predicted octanol–water partition coefficient (Wildman–Crippen LogP) is 2.04. The average molecular weight is 565 g/mol. The lowest BCUT2D eigenvalue weighted by atomic mass is 9.99. The van der Waals surface area contributed by atoms with Crippen LogP contribution in [0, 0.1) is 0 Å². The zero-order valence-electron chi connectivity index (χ0n) is 21.1. The minimum atomic E-state index is -4.44. The molecule has 0 radical (unpaired) electrons. The third kappa shape index (κ3) is 8.04. The van der Waals surface area contributed by atoms with Gasteiger partial charge in [-0.25, -0.2) is 4.79 Å². The molecule has 1 aliphatic heterocycles. The summed E-state index contributed by atoms with van der Waals surface area (Å²) in [5.74, 6) is -1.66. The van der Waals surface area contributed by atoms with Crippen LogP contribution in [0.5, 0.6) is 0 Å². The molecule has 0 bridgehead atoms. The van der Waals surface area contributed by atoms with Gasteiger partial charge in [0.1, 0.15) is 6.04 Å². The summed E-state index contributed by atoms with van der Waals surface area (Å²) >= 11 is 0.679. The third-order valence-corrected chi connectivity index (χ3v) is 9.12. The SMILES string of the molecule is CNC(=O)CC(SCP(=O)(O)O)C(=O)N1CCCCC1C(=O)N(CCc1ccc2ccccc2c1)C(N)=O. The minimum Gasteiger partial charge on any atom is -0.359 e. The number of nitrogens with zero attached hydrogens (tertiary/aromatic N) is 2. The fourth-order valence-electron chi connectivity index (χ4n) is 4.46. The summed E-state index contributed by atoms with van der Waals surface area (Å²) in [4.78, 5) is 72.2. The van der Waals surface area contributed by atoms with Crippen molar-refractivity contribution in [3.63, 3.8) is 0 Å². The first-order chi connectivity index (χ1) is 18.0. The number of thioether (sulfide) groups is 1. The van der Waals surface area contributed by atoms with Crippen LogP contribution in [0.2, 0.25) is 0 Å². The third-order valence-electron chi connectivity index (χ3n) is 6.41. The van der Waals surface area contributed by atoms with Gasteiger partial charge in [0.2, 0.25) is 11.8 Å². The number of nitrogens with two attached hydrogens (primary N) is 1. The Bertz CT molecular complexity index is 1240. The van der Waals surface area contributed by atoms with Gasteiger partial charge >= 0.3 is 13.6 Å². The monoisotopic (exact) mass is 564 g/mol. The Morgan fingerprint density at radius 1 is 1.16 bits per heavy atom. The smallest absolute Gasteiger partial charge is 0.335 e. The van der Waals surface area contributed by atoms with Crippen LogP contribution in [0.15, 0.2) is 42.5 Å². The van der Waals surface area contributed by atoms with E-state index in [2.05, 4.69) is 5.32 Å². The highest BCUT2D eigenvalue weighted by Gasteiger charge is 2.39. The standard InChI is InChI=1S/C25H33N4O7PS/c1-27-22(30)15-21(38-16-37(34,35)36)24(32)28-12-5-4-8-20(28)23(31)29(25(26)33)13-11-17-9-10-18-6-2-3-7-19(18)14-17/h2-3,6-7,9-10,14,20-21H,4-5,8,11-13,15-16H2,1H3,(H2,26,33)(H,27,30)(H2,34,35,36). The molecule has 38 heavy (non-hydrogen) atoms. The lowest BCUT2D eigenvalue weighted by Crippen LogP contribution is -2.57. The second-order valence-corrected chi connectivity index (χ2v) is 12.4. The van der Waals surface area contributed by atoms with Gasteiger partial charge in [-0.1, -0.05) is 42.5 Å². The second kappa shape index (κ2) is 13.2. The van der Waals surface area contributed by atoms with Crippen molar-refractivity contribution in [1.29, 1.82) is 0 Å². The van der Waals surface area contributed by atoms with Crippen LogP contribution in [-0.4, -0.2) is 80.3 Å². The molecule has 0 spiro atoms. The van der Waals surface area contributed by atoms with Crippen molar-refractivity contribution in [1.82, 2.24) is 15.1 Å². The van der Waals surface area contributed by atoms with Gasteiger partial charge in [-0.2, -0.15) is 0 Å². The Hall–Kier alpha value is -2.92. The number of fused-ring (bicyclic) bond motifs is 1. The van der Waals surface area contributed by atoms with Crippen molar-refractivity contribution in [3.8, 4) is 0 Å². The fraction of sp³-hybridized carbons (Fsp3) is 0.440. The molecular formula is C25H33N4O7PS. The summed E-state index contributed by atoms with van der Waals surface area (Å²) in [6.45, 7) is 0.243. The van der Waals surface area contributed by atoms with E-state index >= 15 is 0 Å². The molecule has 2 aromatic carbocycles. The number of rotatable bonds is 10. The molecule has 0 aromatic heterocycles. The number of likely N-dealkylation sites (tertiary alicyclic amines) is 1. The van der Waals surface area contributed by atoms with Crippen molar-refractivity contribution in [2.45, 2.75) is 43.4 Å². The topological polar surface area (TPSA) is 170 Å². The average Bonchev–Trinajstić information content (AvgIpc) is 2.89. The van der Waals surface area contributed by atoms with E-state index in [0.29, 0.717) is 37.4 Å². The summed E-state index contributed by atoms with van der Waals surface area (Å²) < 4.78 is 11.4. The zero-order valence-corrected chi connectivity index (χ0v) is 22.8. The zero-order chi connectivity index (χ0) is 27.9. The molecule has 206 valence electrons. The van der Waals surface area contributed by atoms with Gasteiger partial charge in [-0.3, -0.25) is 23.8 Å². The van der Waals surface area contributed by atoms with Gasteiger partial charge in [0, 0.05) is 26.6 Å². The van der Waals surface area contributed by atoms with E-state index in [4.69, 9.17) is 5.73 Å². The summed E-state index contributed by atoms with van der Waals surface area (Å²) in [5, 5.41) is 3.40. The number of urea groups is 1. The molecule has 5 N–H and O–H groups in total. The second-order valence-electron chi connectivity index (χ2n) is 9.13. The first-order valence-electron chi connectivity index (χ1n) is 12.3. The number of hydrogen-bond donors (Lipinski definition) is 4. The Labute approximate surface area is 225 Å². The van der Waals surface area contributed by atoms with Gasteiger partial charge in [0.15, 0.2) is 0 Å². The quantitative estimate of drug-likeness (QED) is 0.318. The van der Waals surface area contributed by atoms with Crippen LogP contribution < -0.4 is 11.1 Å². The maximum Gasteiger partial charge on any atom is 0.335 e. The number of imide groups is 1. The molecular weight excluding hydrogens is 531 g/mol. The number of carbonyl (C=O) groups is 4. The number of primary amides is 1. The van der Waals surface area contributed by atoms with Crippen LogP contribution >= 0.6 is 19.4 Å². The molecule has 0 aliphatic carbocycles. The normalized spacial score (nSPS) is 16.6. The number of piperidine rings is 1. The van der Waals surface area contributed by atoms with E-state index in [1.165, 1.54) is 11.9 Å². The first kappa shape index (κ1) is 29.6. The number of amides is 5. The number of hydrogen-bond acceptors (Lipinski definition) is 6. The molecule has 0 saturated carbocycles. The predicted molar refractivity (Wildman–Crippen MR) is 145 cm³/mol. The molecule has 5 amide bonds. The summed E-state index contributed by atoms with van der Waals surface area (Å²) in [6.07, 6.45) is 1.63. The van der Waals surface area contributed by atoms with E-state index in [9.17, 15) is 33.5 Å². The Balaban J connectivity index is 1.77. The highest BCUT2D eigenvalue weighted by Crippen LogP contribution is 2.41. The number of nitrogens with one attached hydrogen (secondary N) is 1. The molecule has 13 heteroatoms. The summed E-state index contributed by atoms with van der Waals surface area (Å²) in [6, 6.07) is 11.8. The Morgan fingerprint density at radius 3 is 2.53 bits per heavy atom. The van der Waals surface area contributed by atoms with Gasteiger partial charge < -0.3 is 25.7 Å². The van der Waals surface area contributed by atoms with Gasteiger partial charge in [0.05, 0.1) is 10.7 Å². The Morgan fingerprint density at radius 2 is 1.87 bits per heavy atom. The van der Waals surface area contributed by atoms with Crippen LogP contribution in [0.4, 0.5) is 4.79 Å². The van der Waals surface area contributed by atoms with E-state index in [0.717, 1.165) is 21.2 Å². The van der Waals surface area contributed by atoms with Crippen molar-refractivity contribution in [2.24, 2.45) is 5.73 Å². The van der Waals surface area contributed by atoms with E-state index in [1.54, 1.807) is 0 Å². The maximum absolute atomic E-state index is 13.5. The number of carbonyl (C=O) groups excluding carboxylic acids is 4. The molecule has 2 aromatic rings. The largest absolute Gasteiger partial charge is 0.359 e. The summed E-state index contributed by atoms with van der Waals surface area (Å²) in [7, 11) is -3.05. The van der Waals surface area contributed by atoms with Gasteiger partial charge in [-0.05, 0) is 42.0 Å². The highest BCUT2D eigenvalue weighted by molar-refractivity contribution is 8.05. The van der Waals surface area contributed by atoms with Crippen LogP contribution in [-0.2, 0) is 25.4 Å². The molecule has 1 fully saturated rings. The molecule has 1 saturated heterocycles. The van der Waals surface area contributed by atoms with Crippen molar-refractivity contribution in [3.05, 3.63) is 48.0 Å². The lowest BCUT2D eigenvalue weighted by molar-refractivity contribution is -0.146. The van der Waals surface area contributed by atoms with Gasteiger partial charge in [-0.15, -0.1) is 11.8 Å². The molecule has 3 rings (SSSR count). The van der Waals surface area contributed by atoms with Crippen molar-refractivity contribution >= 4 is 53.9 Å². The van der Waals surface area contributed by atoms with Crippen molar-refractivity contribution in [2.75, 3.05) is 25.6 Å². The van der Waals surface area contributed by atoms with Crippen LogP contribution in [0.1, 0.15) is 31.2 Å². The van der Waals surface area contributed by atoms with E-state index in [-0.39, 0.29) is 19.5 Å². The molecule has 11 nitrogen and oxygen atoms in total. The van der Waals surface area contributed by atoms with Crippen LogP contribution in [0.25, 0.3) is 10.8 Å².